The number of anilines is 1. The van der Waals surface area contributed by atoms with Gasteiger partial charge in [0.1, 0.15) is 0 Å². The molecule has 0 spiro atoms. The van der Waals surface area contributed by atoms with Gasteiger partial charge in [-0.1, -0.05) is 140 Å². The van der Waals surface area contributed by atoms with Crippen molar-refractivity contribution in [1.82, 2.24) is 0 Å². The molecule has 1 fully saturated rings. The van der Waals surface area contributed by atoms with Gasteiger partial charge in [0.05, 0.1) is 8.07 Å². The molecule has 3 heteroatoms. The molecule has 0 N–H and O–H groups in total. The summed E-state index contributed by atoms with van der Waals surface area (Å²) in [7, 11) is -1.36. The van der Waals surface area contributed by atoms with Crippen molar-refractivity contribution in [3.8, 4) is 0 Å². The Morgan fingerprint density at radius 2 is 0.811 bits per heavy atom. The zero-order chi connectivity index (χ0) is 24.9. The summed E-state index contributed by atoms with van der Waals surface area (Å²) in [4.78, 5) is 0. The summed E-state index contributed by atoms with van der Waals surface area (Å²) < 4.78 is 2.87. The van der Waals surface area contributed by atoms with Crippen molar-refractivity contribution in [3.05, 3.63) is 163 Å². The average molecular weight is 516 g/mol. The van der Waals surface area contributed by atoms with E-state index in [1.165, 1.54) is 40.3 Å². The van der Waals surface area contributed by atoms with E-state index < -0.39 is 16.1 Å². The molecule has 37 heavy (non-hydrogen) atoms. The lowest BCUT2D eigenvalue weighted by atomic mass is 10.0. The monoisotopic (exact) mass is 515 g/mol. The molecule has 0 aliphatic carbocycles. The third-order valence-corrected chi connectivity index (χ3v) is 13.5. The van der Waals surface area contributed by atoms with E-state index in [2.05, 4.69) is 156 Å². The van der Waals surface area contributed by atoms with Gasteiger partial charge in [-0.15, -0.1) is 0 Å². The lowest BCUT2D eigenvalue weighted by molar-refractivity contribution is 0.765. The molecule has 0 radical (unpaired) electrons. The molecule has 6 rings (SSSR count). The molecule has 0 saturated carbocycles. The van der Waals surface area contributed by atoms with Crippen LogP contribution in [0.1, 0.15) is 35.3 Å². The Morgan fingerprint density at radius 1 is 0.459 bits per heavy atom. The maximum absolute atomic E-state index is 2.87. The summed E-state index contributed by atoms with van der Waals surface area (Å²) in [5.74, 6) is 0. The quantitative estimate of drug-likeness (QED) is 0.195. The van der Waals surface area contributed by atoms with Gasteiger partial charge in [-0.05, 0) is 36.1 Å². The maximum Gasteiger partial charge on any atom is 0.0585 e. The molecule has 1 nitrogen and oxygen atoms in total. The Bertz CT molecular complexity index is 1290. The lowest BCUT2D eigenvalue weighted by Gasteiger charge is -2.44. The van der Waals surface area contributed by atoms with Crippen LogP contribution >= 0.6 is 16.1 Å². The number of hydrogen-bond acceptors (Lipinski definition) is 1. The van der Waals surface area contributed by atoms with Gasteiger partial charge in [-0.3, -0.25) is 0 Å². The number of nitrogens with zero attached hydrogens (tertiary/aromatic N) is 1. The molecule has 3 atom stereocenters. The molecular formula is C34H31NP2. The van der Waals surface area contributed by atoms with Gasteiger partial charge in [0, 0.05) is 35.7 Å². The van der Waals surface area contributed by atoms with Gasteiger partial charge in [0.2, 0.25) is 0 Å². The fourth-order valence-electron chi connectivity index (χ4n) is 5.47. The standard InChI is InChI=1S/C34H31NP2/c1-6-16-28(17-7-1)33-26-27-34(29-18-8-2-9-19-29)37(33)35(30-20-10-3-11-21-30)36(31-22-12-4-13-23-31)32-24-14-5-15-25-32/h1-25,33-34H,26-27H2/t33-,34?,37?/m1/s1. The molecule has 1 saturated heterocycles. The van der Waals surface area contributed by atoms with Crippen LogP contribution in [0.3, 0.4) is 0 Å². The highest BCUT2D eigenvalue weighted by atomic mass is 31.2. The molecular weight excluding hydrogens is 484 g/mol. The predicted octanol–water partition coefficient (Wildman–Crippen LogP) is 9.21. The second-order valence-corrected chi connectivity index (χ2v) is 14.2. The van der Waals surface area contributed by atoms with E-state index >= 15 is 0 Å². The van der Waals surface area contributed by atoms with E-state index in [-0.39, 0.29) is 0 Å². The second kappa shape index (κ2) is 11.4. The zero-order valence-electron chi connectivity index (χ0n) is 20.8. The van der Waals surface area contributed by atoms with Gasteiger partial charge in [0.15, 0.2) is 0 Å². The largest absolute Gasteiger partial charge is 0.320 e. The minimum Gasteiger partial charge on any atom is -0.320 e. The first kappa shape index (κ1) is 24.1. The maximum atomic E-state index is 2.87. The normalized spacial score (nSPS) is 19.1. The smallest absolute Gasteiger partial charge is 0.0585 e. The van der Waals surface area contributed by atoms with E-state index in [9.17, 15) is 0 Å². The van der Waals surface area contributed by atoms with Gasteiger partial charge >= 0.3 is 0 Å². The van der Waals surface area contributed by atoms with Gasteiger partial charge in [-0.2, -0.15) is 0 Å². The van der Waals surface area contributed by atoms with E-state index in [1.54, 1.807) is 0 Å². The Morgan fingerprint density at radius 3 is 1.22 bits per heavy atom. The second-order valence-electron chi connectivity index (χ2n) is 9.42. The molecule has 1 aliphatic rings. The summed E-state index contributed by atoms with van der Waals surface area (Å²) in [6.07, 6.45) is 2.43. The van der Waals surface area contributed by atoms with Crippen LogP contribution < -0.4 is 15.1 Å². The topological polar surface area (TPSA) is 3.24 Å². The Balaban J connectivity index is 1.58. The van der Waals surface area contributed by atoms with E-state index in [0.29, 0.717) is 11.3 Å². The third kappa shape index (κ3) is 5.13. The highest BCUT2D eigenvalue weighted by Crippen LogP contribution is 2.76. The number of para-hydroxylation sites is 1. The Labute approximate surface area is 223 Å². The zero-order valence-corrected chi connectivity index (χ0v) is 22.6. The Hall–Kier alpha value is -3.24. The van der Waals surface area contributed by atoms with Crippen LogP contribution in [0.2, 0.25) is 0 Å². The molecule has 0 bridgehead atoms. The molecule has 1 heterocycles. The van der Waals surface area contributed by atoms with Crippen LogP contribution in [-0.4, -0.2) is 0 Å². The van der Waals surface area contributed by atoms with Crippen molar-refractivity contribution in [2.45, 2.75) is 24.2 Å². The van der Waals surface area contributed by atoms with Crippen LogP contribution in [0.25, 0.3) is 0 Å². The van der Waals surface area contributed by atoms with Crippen molar-refractivity contribution in [1.29, 1.82) is 0 Å². The van der Waals surface area contributed by atoms with E-state index in [1.807, 2.05) is 0 Å². The fourth-order valence-corrected chi connectivity index (χ4v) is 12.8. The van der Waals surface area contributed by atoms with E-state index in [4.69, 9.17) is 0 Å². The number of benzene rings is 5. The highest BCUT2D eigenvalue weighted by Gasteiger charge is 2.44. The van der Waals surface area contributed by atoms with Crippen LogP contribution in [0.5, 0.6) is 0 Å². The van der Waals surface area contributed by atoms with Crippen molar-refractivity contribution < 1.29 is 0 Å². The molecule has 1 aliphatic heterocycles. The molecule has 5 aromatic carbocycles. The van der Waals surface area contributed by atoms with Crippen molar-refractivity contribution in [3.63, 3.8) is 0 Å². The van der Waals surface area contributed by atoms with Crippen LogP contribution in [0, 0.1) is 0 Å². The number of rotatable bonds is 7. The van der Waals surface area contributed by atoms with Crippen LogP contribution in [-0.2, 0) is 0 Å². The first-order valence-corrected chi connectivity index (χ1v) is 15.8. The van der Waals surface area contributed by atoms with Gasteiger partial charge in [0.25, 0.3) is 0 Å². The first-order chi connectivity index (χ1) is 18.4. The molecule has 2 unspecified atom stereocenters. The molecule has 0 aromatic heterocycles. The number of hydrogen-bond donors (Lipinski definition) is 0. The van der Waals surface area contributed by atoms with Crippen LogP contribution in [0.15, 0.2) is 152 Å². The minimum absolute atomic E-state index is 0.513. The SMILES string of the molecule is c1ccc(C2CC[C@H](c3ccccc3)P2N(c2ccccc2)P(c2ccccc2)c2ccccc2)cc1. The molecule has 182 valence electrons. The Kier molecular flexibility index (Phi) is 7.45. The van der Waals surface area contributed by atoms with Crippen LogP contribution in [0.4, 0.5) is 5.69 Å². The predicted molar refractivity (Wildman–Crippen MR) is 163 cm³/mol. The van der Waals surface area contributed by atoms with Crippen molar-refractivity contribution >= 4 is 32.4 Å². The molecule has 0 amide bonds. The average Bonchev–Trinajstić information content (AvgIpc) is 3.43. The van der Waals surface area contributed by atoms with E-state index in [0.717, 1.165) is 0 Å². The summed E-state index contributed by atoms with van der Waals surface area (Å²) >= 11 is 0. The van der Waals surface area contributed by atoms with Gasteiger partial charge in [-0.25, -0.2) is 0 Å². The summed E-state index contributed by atoms with van der Waals surface area (Å²) in [5.41, 5.74) is 5.31. The lowest BCUT2D eigenvalue weighted by Crippen LogP contribution is -2.26. The fraction of sp³-hybridized carbons (Fsp3) is 0.118. The third-order valence-electron chi connectivity index (χ3n) is 7.12. The summed E-state index contributed by atoms with van der Waals surface area (Å²) in [6.45, 7) is 0. The summed E-state index contributed by atoms with van der Waals surface area (Å²) in [5, 5.41) is 2.81. The van der Waals surface area contributed by atoms with Gasteiger partial charge < -0.3 is 4.44 Å². The summed E-state index contributed by atoms with van der Waals surface area (Å²) in [6, 6.07) is 56.1. The molecule has 5 aromatic rings. The minimum atomic E-state index is -0.773. The first-order valence-electron chi connectivity index (χ1n) is 13.0. The van der Waals surface area contributed by atoms with Crippen molar-refractivity contribution in [2.75, 3.05) is 4.44 Å². The van der Waals surface area contributed by atoms with Crippen molar-refractivity contribution in [2.24, 2.45) is 0 Å². The highest BCUT2D eigenvalue weighted by molar-refractivity contribution is 7.85.